The zero-order valence-corrected chi connectivity index (χ0v) is 12.4. The van der Waals surface area contributed by atoms with Gasteiger partial charge in [-0.05, 0) is 60.9 Å². The summed E-state index contributed by atoms with van der Waals surface area (Å²) in [5.41, 5.74) is 7.46. The van der Waals surface area contributed by atoms with Crippen LogP contribution in [0.3, 0.4) is 0 Å². The van der Waals surface area contributed by atoms with Crippen molar-refractivity contribution in [3.8, 4) is 16.9 Å². The van der Waals surface area contributed by atoms with Gasteiger partial charge in [0, 0.05) is 10.9 Å². The van der Waals surface area contributed by atoms with E-state index in [0.29, 0.717) is 5.75 Å². The van der Waals surface area contributed by atoms with Gasteiger partial charge in [-0.15, -0.1) is 0 Å². The average Bonchev–Trinajstić information content (AvgIpc) is 2.47. The van der Waals surface area contributed by atoms with Gasteiger partial charge in [0.05, 0.1) is 0 Å². The normalized spacial score (nSPS) is 13.0. The molecule has 0 saturated heterocycles. The predicted molar refractivity (Wildman–Crippen MR) is 87.9 cm³/mol. The number of aromatic hydroxyl groups is 1. The van der Waals surface area contributed by atoms with Crippen LogP contribution < -0.4 is 0 Å². The number of hydrogen-bond acceptors (Lipinski definition) is 1. The fraction of sp³-hybridized carbons (Fsp3) is 0.200. The Balaban J connectivity index is 2.06. The molecule has 3 aromatic rings. The van der Waals surface area contributed by atoms with Gasteiger partial charge >= 0.3 is 0 Å². The summed E-state index contributed by atoms with van der Waals surface area (Å²) >= 11 is 0. The van der Waals surface area contributed by atoms with E-state index in [1.54, 1.807) is 0 Å². The lowest BCUT2D eigenvalue weighted by atomic mass is 9.82. The first-order valence-corrected chi connectivity index (χ1v) is 7.48. The molecule has 1 aliphatic carbocycles. The van der Waals surface area contributed by atoms with E-state index in [-0.39, 0.29) is 0 Å². The monoisotopic (exact) mass is 274 g/mol. The maximum absolute atomic E-state index is 10.7. The summed E-state index contributed by atoms with van der Waals surface area (Å²) in [6.07, 6.45) is 1.93. The minimum atomic E-state index is 0.470. The quantitative estimate of drug-likeness (QED) is 0.616. The lowest BCUT2D eigenvalue weighted by Crippen LogP contribution is -2.05. The third kappa shape index (κ3) is 1.84. The number of benzene rings is 3. The Morgan fingerprint density at radius 1 is 0.810 bits per heavy atom. The van der Waals surface area contributed by atoms with Crippen LogP contribution in [-0.2, 0) is 12.8 Å². The number of rotatable bonds is 0. The van der Waals surface area contributed by atoms with Crippen molar-refractivity contribution in [3.63, 3.8) is 0 Å². The Labute approximate surface area is 124 Å². The van der Waals surface area contributed by atoms with Crippen LogP contribution in [-0.4, -0.2) is 5.11 Å². The van der Waals surface area contributed by atoms with Gasteiger partial charge in [-0.25, -0.2) is 0 Å². The van der Waals surface area contributed by atoms with Crippen molar-refractivity contribution in [3.05, 3.63) is 64.7 Å². The Morgan fingerprint density at radius 3 is 2.43 bits per heavy atom. The fourth-order valence-corrected chi connectivity index (χ4v) is 3.48. The molecule has 1 N–H and O–H groups in total. The van der Waals surface area contributed by atoms with Crippen LogP contribution in [0.15, 0.2) is 42.5 Å². The minimum Gasteiger partial charge on any atom is -0.507 e. The van der Waals surface area contributed by atoms with Gasteiger partial charge in [-0.2, -0.15) is 0 Å². The van der Waals surface area contributed by atoms with Crippen molar-refractivity contribution < 1.29 is 5.11 Å². The second kappa shape index (κ2) is 4.36. The Morgan fingerprint density at radius 2 is 1.57 bits per heavy atom. The van der Waals surface area contributed by atoms with Gasteiger partial charge in [0.1, 0.15) is 5.75 Å². The first-order chi connectivity index (χ1) is 10.1. The molecule has 1 nitrogen and oxygen atoms in total. The van der Waals surface area contributed by atoms with E-state index >= 15 is 0 Å². The van der Waals surface area contributed by atoms with Gasteiger partial charge in [-0.3, -0.25) is 0 Å². The van der Waals surface area contributed by atoms with Crippen LogP contribution in [0.4, 0.5) is 0 Å². The molecule has 0 radical (unpaired) electrons. The first-order valence-electron chi connectivity index (χ1n) is 7.48. The van der Waals surface area contributed by atoms with Crippen molar-refractivity contribution in [2.24, 2.45) is 0 Å². The molecule has 0 heterocycles. The molecule has 0 aromatic heterocycles. The molecule has 0 unspecified atom stereocenters. The Kier molecular flexibility index (Phi) is 2.58. The Bertz CT molecular complexity index is 875. The van der Waals surface area contributed by atoms with E-state index in [0.717, 1.165) is 29.2 Å². The van der Waals surface area contributed by atoms with E-state index < -0.39 is 0 Å². The van der Waals surface area contributed by atoms with Crippen molar-refractivity contribution in [1.82, 2.24) is 0 Å². The van der Waals surface area contributed by atoms with E-state index in [9.17, 15) is 5.11 Å². The Hall–Kier alpha value is -2.28. The number of aryl methyl sites for hydroxylation is 3. The van der Waals surface area contributed by atoms with Crippen LogP contribution in [0.25, 0.3) is 21.9 Å². The molecule has 1 aliphatic rings. The molecule has 0 aliphatic heterocycles. The van der Waals surface area contributed by atoms with Crippen LogP contribution >= 0.6 is 0 Å². The van der Waals surface area contributed by atoms with Crippen molar-refractivity contribution in [2.45, 2.75) is 26.7 Å². The van der Waals surface area contributed by atoms with Gasteiger partial charge in [-0.1, -0.05) is 41.5 Å². The van der Waals surface area contributed by atoms with E-state index in [1.165, 1.54) is 27.8 Å². The number of phenolic OH excluding ortho intramolecular Hbond substituents is 1. The standard InChI is InChI=1S/C20H18O/c1-12-4-7-16-14(9-12)6-8-17-19(16)11-15-5-3-13(2)10-18(15)20(17)21/h3-5,7,9-11,21H,6,8H2,1-2H3. The van der Waals surface area contributed by atoms with Gasteiger partial charge in [0.25, 0.3) is 0 Å². The van der Waals surface area contributed by atoms with Crippen LogP contribution in [0.2, 0.25) is 0 Å². The molecule has 1 heteroatoms. The van der Waals surface area contributed by atoms with Crippen molar-refractivity contribution >= 4 is 10.8 Å². The summed E-state index contributed by atoms with van der Waals surface area (Å²) in [6, 6.07) is 15.1. The highest BCUT2D eigenvalue weighted by atomic mass is 16.3. The summed E-state index contributed by atoms with van der Waals surface area (Å²) in [4.78, 5) is 0. The van der Waals surface area contributed by atoms with Gasteiger partial charge < -0.3 is 5.11 Å². The van der Waals surface area contributed by atoms with E-state index in [4.69, 9.17) is 0 Å². The van der Waals surface area contributed by atoms with E-state index in [1.807, 2.05) is 0 Å². The second-order valence-electron chi connectivity index (χ2n) is 6.14. The molecule has 4 rings (SSSR count). The van der Waals surface area contributed by atoms with Gasteiger partial charge in [0.15, 0.2) is 0 Å². The largest absolute Gasteiger partial charge is 0.507 e. The SMILES string of the molecule is Cc1ccc2c(c1)CCc1c-2cc2ccc(C)cc2c1O. The molecule has 104 valence electrons. The van der Waals surface area contributed by atoms with Crippen molar-refractivity contribution in [1.29, 1.82) is 0 Å². The lowest BCUT2D eigenvalue weighted by molar-refractivity contribution is 0.474. The lowest BCUT2D eigenvalue weighted by Gasteiger charge is -2.22. The minimum absolute atomic E-state index is 0.470. The fourth-order valence-electron chi connectivity index (χ4n) is 3.48. The summed E-state index contributed by atoms with van der Waals surface area (Å²) < 4.78 is 0. The zero-order chi connectivity index (χ0) is 14.6. The molecular formula is C20H18O. The van der Waals surface area contributed by atoms with Crippen molar-refractivity contribution in [2.75, 3.05) is 0 Å². The molecular weight excluding hydrogens is 256 g/mol. The maximum Gasteiger partial charge on any atom is 0.127 e. The van der Waals surface area contributed by atoms with E-state index in [2.05, 4.69) is 56.3 Å². The summed E-state index contributed by atoms with van der Waals surface area (Å²) in [6.45, 7) is 4.20. The molecule has 21 heavy (non-hydrogen) atoms. The highest BCUT2D eigenvalue weighted by molar-refractivity contribution is 5.96. The van der Waals surface area contributed by atoms with Crippen LogP contribution in [0.5, 0.6) is 5.75 Å². The summed E-state index contributed by atoms with van der Waals surface area (Å²) in [7, 11) is 0. The third-order valence-electron chi connectivity index (χ3n) is 4.57. The topological polar surface area (TPSA) is 20.2 Å². The predicted octanol–water partition coefficient (Wildman–Crippen LogP) is 4.93. The molecule has 0 amide bonds. The number of phenols is 1. The average molecular weight is 274 g/mol. The highest BCUT2D eigenvalue weighted by Gasteiger charge is 2.20. The molecule has 0 saturated carbocycles. The third-order valence-corrected chi connectivity index (χ3v) is 4.57. The molecule has 0 spiro atoms. The molecule has 0 bridgehead atoms. The molecule has 3 aromatic carbocycles. The maximum atomic E-state index is 10.7. The number of fused-ring (bicyclic) bond motifs is 4. The van der Waals surface area contributed by atoms with Gasteiger partial charge in [0.2, 0.25) is 0 Å². The molecule has 0 fully saturated rings. The van der Waals surface area contributed by atoms with Crippen LogP contribution in [0.1, 0.15) is 22.3 Å². The molecule has 0 atom stereocenters. The summed E-state index contributed by atoms with van der Waals surface area (Å²) in [5, 5.41) is 12.8. The first kappa shape index (κ1) is 12.5. The van der Waals surface area contributed by atoms with Crippen LogP contribution in [0, 0.1) is 13.8 Å². The highest BCUT2D eigenvalue weighted by Crippen LogP contribution is 2.42. The number of hydrogen-bond donors (Lipinski definition) is 1. The second-order valence-corrected chi connectivity index (χ2v) is 6.14. The summed E-state index contributed by atoms with van der Waals surface area (Å²) in [5.74, 6) is 0.470. The zero-order valence-electron chi connectivity index (χ0n) is 12.4. The smallest absolute Gasteiger partial charge is 0.127 e.